The number of rotatable bonds is 4. The minimum Gasteiger partial charge on any atom is -0.444 e. The third-order valence-electron chi connectivity index (χ3n) is 2.58. The number of aldehydes is 1. The van der Waals surface area contributed by atoms with Gasteiger partial charge in [0.05, 0.1) is 5.56 Å². The maximum Gasteiger partial charge on any atom is 0.417 e. The smallest absolute Gasteiger partial charge is 0.417 e. The highest BCUT2D eigenvalue weighted by molar-refractivity contribution is 5.76. The fourth-order valence-corrected chi connectivity index (χ4v) is 1.68. The van der Waals surface area contributed by atoms with Gasteiger partial charge in [-0.05, 0) is 32.4 Å². The summed E-state index contributed by atoms with van der Waals surface area (Å²) in [6.45, 7) is 5.12. The number of hydrogen-bond donors (Lipinski definition) is 1. The highest BCUT2D eigenvalue weighted by Crippen LogP contribution is 2.33. The third kappa shape index (κ3) is 6.54. The zero-order valence-electron chi connectivity index (χ0n) is 13.0. The van der Waals surface area contributed by atoms with Gasteiger partial charge in [0.1, 0.15) is 11.9 Å². The number of alkyl halides is 3. The number of carbonyl (C=O) groups excluding carboxylic acids is 2. The van der Waals surface area contributed by atoms with E-state index in [4.69, 9.17) is 4.74 Å². The molecular formula is C16H18F3NO3. The van der Waals surface area contributed by atoms with Crippen molar-refractivity contribution in [2.75, 3.05) is 6.54 Å². The standard InChI is InChI=1S/C16H18F3NO3/c1-15(2,3)23-14(22)20-8-4-5-12-7-6-11(10-21)9-13(12)16(17,18)19/h4-7,9-10H,8H2,1-3H3,(H,20,22). The Balaban J connectivity index is 2.77. The van der Waals surface area contributed by atoms with Crippen molar-refractivity contribution in [1.82, 2.24) is 5.32 Å². The van der Waals surface area contributed by atoms with E-state index >= 15 is 0 Å². The van der Waals surface area contributed by atoms with Crippen LogP contribution >= 0.6 is 0 Å². The van der Waals surface area contributed by atoms with E-state index in [0.29, 0.717) is 6.29 Å². The maximum absolute atomic E-state index is 12.9. The fourth-order valence-electron chi connectivity index (χ4n) is 1.68. The summed E-state index contributed by atoms with van der Waals surface area (Å²) in [6, 6.07) is 3.29. The lowest BCUT2D eigenvalue weighted by molar-refractivity contribution is -0.137. The molecular weight excluding hydrogens is 311 g/mol. The van der Waals surface area contributed by atoms with Gasteiger partial charge in [0.25, 0.3) is 0 Å². The Morgan fingerprint density at radius 3 is 2.43 bits per heavy atom. The Hall–Kier alpha value is -2.31. The van der Waals surface area contributed by atoms with Gasteiger partial charge in [-0.3, -0.25) is 4.79 Å². The monoisotopic (exact) mass is 329 g/mol. The Morgan fingerprint density at radius 1 is 1.26 bits per heavy atom. The fraction of sp³-hybridized carbons (Fsp3) is 0.375. The largest absolute Gasteiger partial charge is 0.444 e. The molecule has 4 nitrogen and oxygen atoms in total. The predicted molar refractivity (Wildman–Crippen MR) is 80.1 cm³/mol. The summed E-state index contributed by atoms with van der Waals surface area (Å²) < 4.78 is 43.8. The van der Waals surface area contributed by atoms with Crippen LogP contribution in [-0.4, -0.2) is 24.5 Å². The van der Waals surface area contributed by atoms with Crippen molar-refractivity contribution in [3.8, 4) is 0 Å². The van der Waals surface area contributed by atoms with E-state index in [1.54, 1.807) is 20.8 Å². The van der Waals surface area contributed by atoms with Gasteiger partial charge < -0.3 is 10.1 Å². The highest BCUT2D eigenvalue weighted by atomic mass is 19.4. The van der Waals surface area contributed by atoms with Crippen molar-refractivity contribution in [1.29, 1.82) is 0 Å². The minimum atomic E-state index is -4.57. The molecule has 1 aromatic carbocycles. The quantitative estimate of drug-likeness (QED) is 0.848. The van der Waals surface area contributed by atoms with Gasteiger partial charge in [0.15, 0.2) is 0 Å². The van der Waals surface area contributed by atoms with Crippen LogP contribution in [0.15, 0.2) is 24.3 Å². The molecule has 0 aliphatic carbocycles. The van der Waals surface area contributed by atoms with Gasteiger partial charge in [-0.25, -0.2) is 4.79 Å². The summed E-state index contributed by atoms with van der Waals surface area (Å²) in [5.74, 6) is 0. The van der Waals surface area contributed by atoms with Gasteiger partial charge >= 0.3 is 12.3 Å². The SMILES string of the molecule is CC(C)(C)OC(=O)NCC=Cc1ccc(C=O)cc1C(F)(F)F. The van der Waals surface area contributed by atoms with Gasteiger partial charge in [-0.1, -0.05) is 24.3 Å². The van der Waals surface area contributed by atoms with E-state index in [-0.39, 0.29) is 17.7 Å². The predicted octanol–water partition coefficient (Wildman–Crippen LogP) is 4.06. The van der Waals surface area contributed by atoms with Gasteiger partial charge in [0.2, 0.25) is 0 Å². The van der Waals surface area contributed by atoms with Gasteiger partial charge in [-0.2, -0.15) is 13.2 Å². The number of halogens is 3. The van der Waals surface area contributed by atoms with Crippen molar-refractivity contribution >= 4 is 18.5 Å². The molecule has 7 heteroatoms. The topological polar surface area (TPSA) is 55.4 Å². The normalized spacial score (nSPS) is 12.3. The van der Waals surface area contributed by atoms with Crippen molar-refractivity contribution in [2.45, 2.75) is 32.5 Å². The second-order valence-corrected chi connectivity index (χ2v) is 5.75. The van der Waals surface area contributed by atoms with Crippen LogP contribution in [0.2, 0.25) is 0 Å². The molecule has 0 bridgehead atoms. The zero-order chi connectivity index (χ0) is 17.7. The van der Waals surface area contributed by atoms with Gasteiger partial charge in [0, 0.05) is 12.1 Å². The number of hydrogen-bond acceptors (Lipinski definition) is 3. The lowest BCUT2D eigenvalue weighted by Gasteiger charge is -2.19. The summed E-state index contributed by atoms with van der Waals surface area (Å²) in [5, 5.41) is 2.40. The van der Waals surface area contributed by atoms with Crippen LogP contribution in [0, 0.1) is 0 Å². The van der Waals surface area contributed by atoms with Crippen LogP contribution < -0.4 is 5.32 Å². The first-order valence-corrected chi connectivity index (χ1v) is 6.83. The maximum atomic E-state index is 12.9. The number of alkyl carbamates (subject to hydrolysis) is 1. The summed E-state index contributed by atoms with van der Waals surface area (Å²) in [4.78, 5) is 22.0. The molecule has 0 spiro atoms. The van der Waals surface area contributed by atoms with Crippen LogP contribution in [-0.2, 0) is 10.9 Å². The molecule has 0 saturated carbocycles. The molecule has 0 aliphatic heterocycles. The molecule has 23 heavy (non-hydrogen) atoms. The molecule has 0 atom stereocenters. The minimum absolute atomic E-state index is 0.0155. The van der Waals surface area contributed by atoms with E-state index in [1.165, 1.54) is 24.3 Å². The zero-order valence-corrected chi connectivity index (χ0v) is 13.0. The van der Waals surface area contributed by atoms with E-state index in [1.807, 2.05) is 0 Å². The Labute approximate surface area is 132 Å². The Morgan fingerprint density at radius 2 is 1.91 bits per heavy atom. The van der Waals surface area contributed by atoms with E-state index in [2.05, 4.69) is 5.32 Å². The molecule has 0 fully saturated rings. The van der Waals surface area contributed by atoms with E-state index < -0.39 is 23.4 Å². The first-order valence-electron chi connectivity index (χ1n) is 6.83. The van der Waals surface area contributed by atoms with Crippen LogP contribution in [0.4, 0.5) is 18.0 Å². The van der Waals surface area contributed by atoms with Crippen molar-refractivity contribution in [2.24, 2.45) is 0 Å². The highest BCUT2D eigenvalue weighted by Gasteiger charge is 2.32. The first-order chi connectivity index (χ1) is 10.5. The van der Waals surface area contributed by atoms with E-state index in [9.17, 15) is 22.8 Å². The molecule has 1 aromatic rings. The van der Waals surface area contributed by atoms with Crippen LogP contribution in [0.1, 0.15) is 42.3 Å². The number of carbonyl (C=O) groups is 2. The van der Waals surface area contributed by atoms with Crippen LogP contribution in [0.5, 0.6) is 0 Å². The van der Waals surface area contributed by atoms with Crippen LogP contribution in [0.25, 0.3) is 6.08 Å². The number of ether oxygens (including phenoxy) is 1. The molecule has 1 amide bonds. The average molecular weight is 329 g/mol. The van der Waals surface area contributed by atoms with Crippen LogP contribution in [0.3, 0.4) is 0 Å². The number of nitrogens with one attached hydrogen (secondary N) is 1. The molecule has 1 rings (SSSR count). The first kappa shape index (κ1) is 18.7. The number of amides is 1. The summed E-state index contributed by atoms with van der Waals surface area (Å²) in [5.41, 5.74) is -1.70. The second kappa shape index (κ2) is 7.30. The molecule has 0 saturated heterocycles. The second-order valence-electron chi connectivity index (χ2n) is 5.75. The molecule has 0 aromatic heterocycles. The van der Waals surface area contributed by atoms with Crippen molar-refractivity contribution < 1.29 is 27.5 Å². The summed E-state index contributed by atoms with van der Waals surface area (Å²) in [7, 11) is 0. The van der Waals surface area contributed by atoms with Crippen molar-refractivity contribution in [3.05, 3.63) is 41.0 Å². The summed E-state index contributed by atoms with van der Waals surface area (Å²) >= 11 is 0. The third-order valence-corrected chi connectivity index (χ3v) is 2.58. The number of benzene rings is 1. The summed E-state index contributed by atoms with van der Waals surface area (Å²) in [6.07, 6.45) is -2.28. The van der Waals surface area contributed by atoms with Crippen molar-refractivity contribution in [3.63, 3.8) is 0 Å². The molecule has 0 aliphatic rings. The Kier molecular flexibility index (Phi) is 5.95. The Bertz CT molecular complexity index is 602. The molecule has 0 radical (unpaired) electrons. The molecule has 0 unspecified atom stereocenters. The molecule has 126 valence electrons. The molecule has 1 N–H and O–H groups in total. The van der Waals surface area contributed by atoms with Gasteiger partial charge in [-0.15, -0.1) is 0 Å². The van der Waals surface area contributed by atoms with E-state index in [0.717, 1.165) is 6.07 Å². The lowest BCUT2D eigenvalue weighted by atomic mass is 10.0. The lowest BCUT2D eigenvalue weighted by Crippen LogP contribution is -2.32. The molecule has 0 heterocycles. The average Bonchev–Trinajstić information content (AvgIpc) is 2.40.